The van der Waals surface area contributed by atoms with Gasteiger partial charge in [-0.05, 0) is 60.2 Å². The van der Waals surface area contributed by atoms with E-state index in [-0.39, 0.29) is 11.8 Å². The van der Waals surface area contributed by atoms with Crippen molar-refractivity contribution in [2.45, 2.75) is 25.7 Å². The van der Waals surface area contributed by atoms with E-state index in [1.807, 2.05) is 23.1 Å². The van der Waals surface area contributed by atoms with Gasteiger partial charge in [0.1, 0.15) is 0 Å². The number of carbonyl (C=O) groups excluding carboxylic acids is 2. The summed E-state index contributed by atoms with van der Waals surface area (Å²) in [4.78, 5) is 26.4. The van der Waals surface area contributed by atoms with E-state index < -0.39 is 0 Å². The minimum atomic E-state index is -0.0931. The largest absolute Gasteiger partial charge is 0.352 e. The molecular weight excluding hydrogens is 371 g/mol. The lowest BCUT2D eigenvalue weighted by Crippen LogP contribution is -2.33. The van der Waals surface area contributed by atoms with Crippen molar-refractivity contribution in [1.82, 2.24) is 5.32 Å². The summed E-state index contributed by atoms with van der Waals surface area (Å²) >= 11 is 12.1. The first-order valence-electron chi connectivity index (χ1n) is 8.71. The quantitative estimate of drug-likeness (QED) is 0.865. The van der Waals surface area contributed by atoms with Crippen molar-refractivity contribution in [3.63, 3.8) is 0 Å². The molecule has 2 aliphatic heterocycles. The molecule has 2 aromatic carbocycles. The zero-order valence-corrected chi connectivity index (χ0v) is 15.7. The molecule has 0 saturated carbocycles. The van der Waals surface area contributed by atoms with Crippen LogP contribution in [0.3, 0.4) is 0 Å². The number of carbonyl (C=O) groups is 2. The first-order chi connectivity index (χ1) is 12.5. The fraction of sp³-hybridized carbons (Fsp3) is 0.300. The van der Waals surface area contributed by atoms with Gasteiger partial charge in [0.2, 0.25) is 5.91 Å². The molecule has 0 fully saturated rings. The molecule has 134 valence electrons. The van der Waals surface area contributed by atoms with E-state index in [0.29, 0.717) is 41.4 Å². The van der Waals surface area contributed by atoms with E-state index in [0.717, 1.165) is 35.3 Å². The minimum absolute atomic E-state index is 0.0931. The fourth-order valence-electron chi connectivity index (χ4n) is 3.73. The zero-order valence-electron chi connectivity index (χ0n) is 14.1. The van der Waals surface area contributed by atoms with E-state index >= 15 is 0 Å². The van der Waals surface area contributed by atoms with Gasteiger partial charge in [0.15, 0.2) is 0 Å². The summed E-state index contributed by atoms with van der Waals surface area (Å²) in [5.41, 5.74) is 4.85. The van der Waals surface area contributed by atoms with E-state index in [1.165, 1.54) is 0 Å². The van der Waals surface area contributed by atoms with Gasteiger partial charge in [0, 0.05) is 35.1 Å². The topological polar surface area (TPSA) is 49.4 Å². The Morgan fingerprint density at radius 2 is 1.85 bits per heavy atom. The Morgan fingerprint density at radius 1 is 1.08 bits per heavy atom. The Labute approximate surface area is 162 Å². The second-order valence-electron chi connectivity index (χ2n) is 6.68. The van der Waals surface area contributed by atoms with E-state index in [2.05, 4.69) is 5.32 Å². The summed E-state index contributed by atoms with van der Waals surface area (Å²) < 4.78 is 0. The highest BCUT2D eigenvalue weighted by atomic mass is 35.5. The second kappa shape index (κ2) is 6.93. The molecular formula is C20H18Cl2N2O2. The number of hydrogen-bond acceptors (Lipinski definition) is 2. The SMILES string of the molecule is O=C(NCCc1ccc(Cl)cc1Cl)c1cc2c3c(c1)CCN3C(=O)CC2. The van der Waals surface area contributed by atoms with Crippen LogP contribution in [0.4, 0.5) is 5.69 Å². The summed E-state index contributed by atoms with van der Waals surface area (Å²) in [7, 11) is 0. The lowest BCUT2D eigenvalue weighted by atomic mass is 9.96. The second-order valence-corrected chi connectivity index (χ2v) is 7.52. The standard InChI is InChI=1S/C20H18Cl2N2O2/c21-16-3-1-12(17(22)11-16)5-7-23-20(26)15-9-13-2-4-18(25)24-8-6-14(10-15)19(13)24/h1,3,9-11H,2,4-8H2,(H,23,26). The van der Waals surface area contributed by atoms with Crippen LogP contribution in [0.2, 0.25) is 10.0 Å². The molecule has 2 aromatic rings. The third-order valence-electron chi connectivity index (χ3n) is 5.01. The maximum Gasteiger partial charge on any atom is 0.251 e. The van der Waals surface area contributed by atoms with Crippen LogP contribution in [-0.2, 0) is 24.1 Å². The third-order valence-corrected chi connectivity index (χ3v) is 5.60. The molecule has 0 atom stereocenters. The highest BCUT2D eigenvalue weighted by Crippen LogP contribution is 2.37. The van der Waals surface area contributed by atoms with Crippen molar-refractivity contribution in [2.24, 2.45) is 0 Å². The smallest absolute Gasteiger partial charge is 0.251 e. The number of halogens is 2. The van der Waals surface area contributed by atoms with Crippen LogP contribution < -0.4 is 10.2 Å². The molecule has 1 N–H and O–H groups in total. The van der Waals surface area contributed by atoms with Gasteiger partial charge in [-0.3, -0.25) is 9.59 Å². The van der Waals surface area contributed by atoms with Gasteiger partial charge < -0.3 is 10.2 Å². The molecule has 2 amide bonds. The molecule has 6 heteroatoms. The Morgan fingerprint density at radius 3 is 2.62 bits per heavy atom. The van der Waals surface area contributed by atoms with Crippen molar-refractivity contribution in [1.29, 1.82) is 0 Å². The first kappa shape index (κ1) is 17.4. The predicted molar refractivity (Wildman–Crippen MR) is 103 cm³/mol. The minimum Gasteiger partial charge on any atom is -0.352 e. The highest BCUT2D eigenvalue weighted by Gasteiger charge is 2.31. The zero-order chi connectivity index (χ0) is 18.3. The summed E-state index contributed by atoms with van der Waals surface area (Å²) in [6, 6.07) is 9.22. The Balaban J connectivity index is 1.45. The van der Waals surface area contributed by atoms with Gasteiger partial charge in [-0.25, -0.2) is 0 Å². The van der Waals surface area contributed by atoms with E-state index in [4.69, 9.17) is 23.2 Å². The van der Waals surface area contributed by atoms with Gasteiger partial charge in [-0.1, -0.05) is 29.3 Å². The molecule has 2 heterocycles. The van der Waals surface area contributed by atoms with Crippen molar-refractivity contribution >= 4 is 40.7 Å². The normalized spacial score (nSPS) is 15.2. The molecule has 0 unspecified atom stereocenters. The van der Waals surface area contributed by atoms with Crippen molar-refractivity contribution in [2.75, 3.05) is 18.0 Å². The number of rotatable bonds is 4. The number of anilines is 1. The number of aryl methyl sites for hydroxylation is 1. The van der Waals surface area contributed by atoms with Gasteiger partial charge in [0.05, 0.1) is 5.69 Å². The lowest BCUT2D eigenvalue weighted by molar-refractivity contribution is -0.118. The van der Waals surface area contributed by atoms with Gasteiger partial charge in [-0.15, -0.1) is 0 Å². The molecule has 26 heavy (non-hydrogen) atoms. The molecule has 2 aliphatic rings. The number of amides is 2. The van der Waals surface area contributed by atoms with Crippen LogP contribution >= 0.6 is 23.2 Å². The number of nitrogens with zero attached hydrogens (tertiary/aromatic N) is 1. The molecule has 0 radical (unpaired) electrons. The maximum absolute atomic E-state index is 12.6. The average Bonchev–Trinajstić information content (AvgIpc) is 3.05. The molecule has 0 spiro atoms. The van der Waals surface area contributed by atoms with Gasteiger partial charge in [-0.2, -0.15) is 0 Å². The number of hydrogen-bond donors (Lipinski definition) is 1. The van der Waals surface area contributed by atoms with Crippen LogP contribution in [0.15, 0.2) is 30.3 Å². The summed E-state index contributed by atoms with van der Waals surface area (Å²) in [5.74, 6) is 0.0952. The number of nitrogens with one attached hydrogen (secondary N) is 1. The molecule has 4 rings (SSSR count). The van der Waals surface area contributed by atoms with E-state index in [9.17, 15) is 9.59 Å². The Hall–Kier alpha value is -2.04. The van der Waals surface area contributed by atoms with Crippen LogP contribution in [0.25, 0.3) is 0 Å². The summed E-state index contributed by atoms with van der Waals surface area (Å²) in [6.07, 6.45) is 2.68. The lowest BCUT2D eigenvalue weighted by Gasteiger charge is -2.25. The summed E-state index contributed by atoms with van der Waals surface area (Å²) in [6.45, 7) is 1.22. The Kier molecular flexibility index (Phi) is 4.63. The first-order valence-corrected chi connectivity index (χ1v) is 9.47. The van der Waals surface area contributed by atoms with Crippen molar-refractivity contribution < 1.29 is 9.59 Å². The van der Waals surface area contributed by atoms with Crippen molar-refractivity contribution in [3.05, 3.63) is 62.6 Å². The molecule has 0 saturated heterocycles. The molecule has 0 bridgehead atoms. The third kappa shape index (κ3) is 3.19. The van der Waals surface area contributed by atoms with Crippen LogP contribution in [0, 0.1) is 0 Å². The predicted octanol–water partition coefficient (Wildman–Crippen LogP) is 3.80. The van der Waals surface area contributed by atoms with Gasteiger partial charge >= 0.3 is 0 Å². The monoisotopic (exact) mass is 388 g/mol. The molecule has 4 nitrogen and oxygen atoms in total. The molecule has 0 aliphatic carbocycles. The average molecular weight is 389 g/mol. The van der Waals surface area contributed by atoms with Crippen LogP contribution in [0.1, 0.15) is 33.5 Å². The maximum atomic E-state index is 12.6. The number of benzene rings is 2. The summed E-state index contributed by atoms with van der Waals surface area (Å²) in [5, 5.41) is 4.17. The molecule has 0 aromatic heterocycles. The van der Waals surface area contributed by atoms with E-state index in [1.54, 1.807) is 12.1 Å². The highest BCUT2D eigenvalue weighted by molar-refractivity contribution is 6.35. The van der Waals surface area contributed by atoms with Crippen LogP contribution in [-0.4, -0.2) is 24.9 Å². The van der Waals surface area contributed by atoms with Crippen molar-refractivity contribution in [3.8, 4) is 0 Å². The fourth-order valence-corrected chi connectivity index (χ4v) is 4.23. The Bertz CT molecular complexity index is 911. The van der Waals surface area contributed by atoms with Gasteiger partial charge in [0.25, 0.3) is 5.91 Å². The van der Waals surface area contributed by atoms with Crippen LogP contribution in [0.5, 0.6) is 0 Å².